The lowest BCUT2D eigenvalue weighted by atomic mass is 9.69. The smallest absolute Gasteiger partial charge is 0.0201 e. The summed E-state index contributed by atoms with van der Waals surface area (Å²) in [4.78, 5) is 0. The zero-order valence-corrected chi connectivity index (χ0v) is 20.3. The maximum absolute atomic E-state index is 4.63. The summed E-state index contributed by atoms with van der Waals surface area (Å²) in [5.74, 6) is 1.14. The second kappa shape index (κ2) is 8.94. The number of allylic oxidation sites excluding steroid dienone is 7. The number of hydrogen-bond donors (Lipinski definition) is 0. The first-order valence-electron chi connectivity index (χ1n) is 12.0. The largest absolute Gasteiger partial charge is 0.0958 e. The van der Waals surface area contributed by atoms with Crippen molar-refractivity contribution < 1.29 is 0 Å². The van der Waals surface area contributed by atoms with Crippen molar-refractivity contribution in [2.24, 2.45) is 5.92 Å². The van der Waals surface area contributed by atoms with Crippen LogP contribution in [0.15, 0.2) is 101 Å². The van der Waals surface area contributed by atoms with E-state index in [1.165, 1.54) is 50.1 Å². The lowest BCUT2D eigenvalue weighted by Crippen LogP contribution is -2.20. The molecule has 1 saturated carbocycles. The molecule has 0 heteroatoms. The van der Waals surface area contributed by atoms with Gasteiger partial charge in [-0.2, -0.15) is 0 Å². The topological polar surface area (TPSA) is 0 Å². The number of aryl methyl sites for hydroxylation is 1. The van der Waals surface area contributed by atoms with Crippen molar-refractivity contribution in [3.8, 4) is 0 Å². The summed E-state index contributed by atoms with van der Waals surface area (Å²) in [5.41, 5.74) is 13.4. The Balaban J connectivity index is 1.75. The van der Waals surface area contributed by atoms with E-state index in [2.05, 4.69) is 108 Å². The van der Waals surface area contributed by atoms with Gasteiger partial charge >= 0.3 is 0 Å². The number of rotatable bonds is 5. The molecular formula is C32H36. The first-order valence-corrected chi connectivity index (χ1v) is 12.0. The Labute approximate surface area is 194 Å². The highest BCUT2D eigenvalue weighted by atomic mass is 14.4. The van der Waals surface area contributed by atoms with Gasteiger partial charge in [0.25, 0.3) is 0 Å². The number of benzene rings is 2. The molecule has 0 aliphatic heterocycles. The molecule has 1 fully saturated rings. The molecule has 0 bridgehead atoms. The summed E-state index contributed by atoms with van der Waals surface area (Å²) in [5, 5.41) is 0. The van der Waals surface area contributed by atoms with Gasteiger partial charge < -0.3 is 0 Å². The fraction of sp³-hybridized carbons (Fsp3) is 0.312. The van der Waals surface area contributed by atoms with E-state index in [9.17, 15) is 0 Å². The average Bonchev–Trinajstić information content (AvgIpc) is 3.07. The van der Waals surface area contributed by atoms with Gasteiger partial charge in [-0.05, 0) is 77.2 Å². The Morgan fingerprint density at radius 3 is 2.25 bits per heavy atom. The quantitative estimate of drug-likeness (QED) is 0.453. The van der Waals surface area contributed by atoms with Crippen molar-refractivity contribution >= 4 is 6.08 Å². The lowest BCUT2D eigenvalue weighted by Gasteiger charge is -2.34. The molecule has 2 aliphatic rings. The van der Waals surface area contributed by atoms with Crippen LogP contribution in [0.25, 0.3) is 6.08 Å². The van der Waals surface area contributed by atoms with Gasteiger partial charge in [0.15, 0.2) is 0 Å². The predicted octanol–water partition coefficient (Wildman–Crippen LogP) is 8.95. The molecule has 32 heavy (non-hydrogen) atoms. The van der Waals surface area contributed by atoms with Crippen LogP contribution in [0, 0.1) is 5.92 Å². The first-order chi connectivity index (χ1) is 15.3. The molecule has 0 heterocycles. The van der Waals surface area contributed by atoms with Crippen LogP contribution >= 0.6 is 0 Å². The van der Waals surface area contributed by atoms with Crippen LogP contribution in [0.2, 0.25) is 0 Å². The molecular weight excluding hydrogens is 384 g/mol. The highest BCUT2D eigenvalue weighted by Gasteiger charge is 2.40. The molecule has 164 valence electrons. The van der Waals surface area contributed by atoms with Gasteiger partial charge in [-0.1, -0.05) is 106 Å². The third kappa shape index (κ3) is 4.11. The molecule has 0 spiro atoms. The first kappa shape index (κ1) is 22.3. The van der Waals surface area contributed by atoms with Crippen molar-refractivity contribution in [2.45, 2.75) is 59.3 Å². The van der Waals surface area contributed by atoms with Crippen molar-refractivity contribution in [1.29, 1.82) is 0 Å². The van der Waals surface area contributed by atoms with E-state index in [0.717, 1.165) is 18.4 Å². The third-order valence-electron chi connectivity index (χ3n) is 7.20. The Morgan fingerprint density at radius 2 is 1.69 bits per heavy atom. The van der Waals surface area contributed by atoms with E-state index in [-0.39, 0.29) is 5.92 Å². The zero-order chi connectivity index (χ0) is 23.0. The van der Waals surface area contributed by atoms with Crippen LogP contribution in [0.4, 0.5) is 0 Å². The average molecular weight is 421 g/mol. The van der Waals surface area contributed by atoms with Crippen LogP contribution in [0.3, 0.4) is 0 Å². The van der Waals surface area contributed by atoms with Crippen LogP contribution in [0.5, 0.6) is 0 Å². The summed E-state index contributed by atoms with van der Waals surface area (Å²) in [6, 6.07) is 18.2. The predicted molar refractivity (Wildman–Crippen MR) is 140 cm³/mol. The molecule has 2 aromatic rings. The molecule has 0 aromatic heterocycles. The van der Waals surface area contributed by atoms with Crippen LogP contribution in [-0.2, 0) is 6.42 Å². The fourth-order valence-electron chi connectivity index (χ4n) is 5.43. The van der Waals surface area contributed by atoms with Gasteiger partial charge in [0.05, 0.1) is 0 Å². The van der Waals surface area contributed by atoms with Gasteiger partial charge in [-0.25, -0.2) is 0 Å². The summed E-state index contributed by atoms with van der Waals surface area (Å²) in [7, 11) is 0. The lowest BCUT2D eigenvalue weighted by molar-refractivity contribution is 0.625. The maximum atomic E-state index is 4.63. The maximum Gasteiger partial charge on any atom is 0.0201 e. The second-order valence-corrected chi connectivity index (χ2v) is 9.84. The minimum atomic E-state index is 0.287. The highest BCUT2D eigenvalue weighted by molar-refractivity contribution is 5.67. The Kier molecular flexibility index (Phi) is 6.24. The molecule has 2 unspecified atom stereocenters. The third-order valence-corrected chi connectivity index (χ3v) is 7.20. The van der Waals surface area contributed by atoms with Gasteiger partial charge in [0, 0.05) is 11.8 Å². The molecule has 0 N–H and O–H groups in total. The van der Waals surface area contributed by atoms with E-state index >= 15 is 0 Å². The molecule has 0 nitrogen and oxygen atoms in total. The van der Waals surface area contributed by atoms with E-state index in [1.807, 2.05) is 0 Å². The van der Waals surface area contributed by atoms with Gasteiger partial charge in [0.1, 0.15) is 0 Å². The minimum absolute atomic E-state index is 0.287. The Bertz CT molecular complexity index is 1130. The molecule has 0 radical (unpaired) electrons. The second-order valence-electron chi connectivity index (χ2n) is 9.84. The Morgan fingerprint density at radius 1 is 1.03 bits per heavy atom. The van der Waals surface area contributed by atoms with Crippen molar-refractivity contribution in [2.75, 3.05) is 0 Å². The summed E-state index contributed by atoms with van der Waals surface area (Å²) < 4.78 is 0. The van der Waals surface area contributed by atoms with Gasteiger partial charge in [0.2, 0.25) is 0 Å². The van der Waals surface area contributed by atoms with E-state index in [0.29, 0.717) is 11.8 Å². The molecule has 2 aliphatic carbocycles. The van der Waals surface area contributed by atoms with Crippen molar-refractivity contribution in [3.63, 3.8) is 0 Å². The van der Waals surface area contributed by atoms with Gasteiger partial charge in [-0.15, -0.1) is 0 Å². The normalized spacial score (nSPS) is 21.9. The van der Waals surface area contributed by atoms with E-state index in [4.69, 9.17) is 0 Å². The summed E-state index contributed by atoms with van der Waals surface area (Å²) in [6.07, 6.45) is 6.81. The molecule has 0 saturated heterocycles. The number of fused-ring (bicyclic) bond motifs is 1. The molecule has 0 amide bonds. The fourth-order valence-corrected chi connectivity index (χ4v) is 5.43. The van der Waals surface area contributed by atoms with E-state index < -0.39 is 0 Å². The minimum Gasteiger partial charge on any atom is -0.0958 e. The summed E-state index contributed by atoms with van der Waals surface area (Å²) >= 11 is 0. The van der Waals surface area contributed by atoms with Crippen LogP contribution in [-0.4, -0.2) is 0 Å². The molecule has 2 atom stereocenters. The summed E-state index contributed by atoms with van der Waals surface area (Å²) in [6.45, 7) is 20.1. The zero-order valence-electron chi connectivity index (χ0n) is 20.3. The monoisotopic (exact) mass is 420 g/mol. The van der Waals surface area contributed by atoms with Gasteiger partial charge in [-0.3, -0.25) is 0 Å². The molecule has 4 rings (SSSR count). The van der Waals surface area contributed by atoms with Crippen LogP contribution < -0.4 is 0 Å². The van der Waals surface area contributed by atoms with E-state index in [1.54, 1.807) is 0 Å². The standard InChI is InChI=1S/C32H36/c1-8-24-9-11-25(12-10-24)18-28-19-29-17-22(6)30(21(4)5)32(31(29)23(28)7)27-15-13-26(14-16-27)20(2)3/h9-18,20,31-32H,4,7-8,19H2,1-3,5-6H3. The van der Waals surface area contributed by atoms with Crippen molar-refractivity contribution in [1.82, 2.24) is 0 Å². The van der Waals surface area contributed by atoms with Crippen molar-refractivity contribution in [3.05, 3.63) is 123 Å². The highest BCUT2D eigenvalue weighted by Crippen LogP contribution is 2.54. The SMILES string of the molecule is C=C(C)C1=C(C)C=C2CC(=Cc3ccc(CC)cc3)C(=C)C2C1c1ccc(C(C)C)cc1. The Hall–Kier alpha value is -2.86. The van der Waals surface area contributed by atoms with Crippen LogP contribution in [0.1, 0.15) is 75.1 Å². The number of hydrogen-bond acceptors (Lipinski definition) is 0. The molecule has 2 aromatic carbocycles.